The minimum atomic E-state index is 0. The Morgan fingerprint density at radius 1 is 1.00 bits per heavy atom. The molecule has 0 aromatic rings. The van der Waals surface area contributed by atoms with Crippen LogP contribution in [0.3, 0.4) is 0 Å². The first-order valence-corrected chi connectivity index (χ1v) is 0. The normalized spacial score (nSPS) is 0. The second-order valence-corrected chi connectivity index (χ2v) is 0. The average Bonchev–Trinajstić information content (AvgIpc) is 0. The van der Waals surface area contributed by atoms with Crippen molar-refractivity contribution in [3.63, 3.8) is 0 Å². The number of hydrogen-bond donors (Lipinski definition) is 1. The maximum atomic E-state index is 0. The van der Waals surface area contributed by atoms with E-state index in [1.807, 2.05) is 0 Å². The van der Waals surface area contributed by atoms with Gasteiger partial charge in [0.1, 0.15) is 0 Å². The molecule has 0 amide bonds. The molecule has 0 aromatic heterocycles. The van der Waals surface area contributed by atoms with Gasteiger partial charge in [-0.05, 0) is 0 Å². The van der Waals surface area contributed by atoms with Crippen LogP contribution in [0.1, 0.15) is 7.43 Å². The molecule has 7 radical (unpaired) electrons. The van der Waals surface area contributed by atoms with Gasteiger partial charge in [-0.3, -0.25) is 0 Å². The molecule has 0 aliphatic rings. The molecule has 0 saturated heterocycles. The molecule has 0 unspecified atom stereocenters. The van der Waals surface area contributed by atoms with Crippen molar-refractivity contribution >= 4 is 19.4 Å². The minimum absolute atomic E-state index is 0. The minimum Gasteiger partial charge on any atom is -0.344 e. The summed E-state index contributed by atoms with van der Waals surface area (Å²) in [5.74, 6) is 0. The molecule has 23 valence electrons. The summed E-state index contributed by atoms with van der Waals surface area (Å²) in [6, 6.07) is 0. The highest BCUT2D eigenvalue weighted by Crippen LogP contribution is 0.144. The molecular formula is CH7BNSi. The van der Waals surface area contributed by atoms with Gasteiger partial charge in [0.05, 0.1) is 0 Å². The fourth-order valence-electron chi connectivity index (χ4n) is 0. The van der Waals surface area contributed by atoms with Crippen LogP contribution in [0.4, 0.5) is 0 Å². The summed E-state index contributed by atoms with van der Waals surface area (Å²) in [4.78, 5) is 0. The summed E-state index contributed by atoms with van der Waals surface area (Å²) in [5, 5.41) is 0. The molecule has 3 heteroatoms. The van der Waals surface area contributed by atoms with Gasteiger partial charge in [-0.2, -0.15) is 0 Å². The standard InChI is InChI=1S/CH4.B.H3N.Si/h1H4;;1H3;. The summed E-state index contributed by atoms with van der Waals surface area (Å²) in [5.41, 5.74) is 0. The molecule has 0 spiro atoms. The van der Waals surface area contributed by atoms with E-state index < -0.39 is 0 Å². The Hall–Kier alpha value is 0.242. The second kappa shape index (κ2) is 279. The molecule has 0 rings (SSSR count). The lowest BCUT2D eigenvalue weighted by Gasteiger charge is -0.344. The van der Waals surface area contributed by atoms with Crippen molar-refractivity contribution in [3.8, 4) is 0 Å². The predicted molar refractivity (Wildman–Crippen MR) is 23.3 cm³/mol. The fraction of sp³-hybridized carbons (Fsp3) is 1.00. The summed E-state index contributed by atoms with van der Waals surface area (Å²) in [6.07, 6.45) is 0. The molecule has 4 heavy (non-hydrogen) atoms. The van der Waals surface area contributed by atoms with E-state index in [1.165, 1.54) is 0 Å². The molecule has 0 atom stereocenters. The van der Waals surface area contributed by atoms with Gasteiger partial charge >= 0.3 is 0 Å². The molecule has 0 bridgehead atoms. The fourth-order valence-corrected chi connectivity index (χ4v) is 0. The largest absolute Gasteiger partial charge is 0.344 e. The lowest BCUT2D eigenvalue weighted by Crippen LogP contribution is -0.481. The van der Waals surface area contributed by atoms with Crippen LogP contribution in [0.15, 0.2) is 0 Å². The van der Waals surface area contributed by atoms with Crippen molar-refractivity contribution in [2.45, 2.75) is 7.43 Å². The summed E-state index contributed by atoms with van der Waals surface area (Å²) >= 11 is 0. The zero-order chi connectivity index (χ0) is 0. The predicted octanol–water partition coefficient (Wildman–Crippen LogP) is 0.0365. The average molecular weight is 72.0 g/mol. The highest BCUT2D eigenvalue weighted by molar-refractivity contribution is 5.76. The Morgan fingerprint density at radius 2 is 1.00 bits per heavy atom. The lowest BCUT2D eigenvalue weighted by atomic mass is 10.8. The monoisotopic (exact) mass is 72.0 g/mol. The van der Waals surface area contributed by atoms with E-state index in [0.29, 0.717) is 0 Å². The zero-order valence-corrected chi connectivity index (χ0v) is 2.78. The maximum absolute atomic E-state index is 0. The zero-order valence-electron chi connectivity index (χ0n) is 1.78. The van der Waals surface area contributed by atoms with Crippen LogP contribution in [0.5, 0.6) is 0 Å². The molecule has 0 aliphatic carbocycles. The van der Waals surface area contributed by atoms with Crippen molar-refractivity contribution in [1.82, 2.24) is 6.15 Å². The van der Waals surface area contributed by atoms with E-state index in [9.17, 15) is 0 Å². The maximum Gasteiger partial charge on any atom is 0 e. The molecule has 0 aliphatic heterocycles. The number of hydrogen-bond acceptors (Lipinski definition) is 1. The molecule has 0 fully saturated rings. The molecule has 3 N–H and O–H groups in total. The molecule has 1 nitrogen and oxygen atoms in total. The molecule has 0 aromatic carbocycles. The number of rotatable bonds is 0. The van der Waals surface area contributed by atoms with Gasteiger partial charge in [0.2, 0.25) is 0 Å². The van der Waals surface area contributed by atoms with E-state index in [-0.39, 0.29) is 33.0 Å². The van der Waals surface area contributed by atoms with Crippen LogP contribution in [0, 0.1) is 0 Å². The first-order chi connectivity index (χ1) is 0. The molecular weight excluding hydrogens is 64.9 g/mol. The van der Waals surface area contributed by atoms with Crippen LogP contribution < -0.4 is 6.15 Å². The highest BCUT2D eigenvalue weighted by Gasteiger charge is 0.00103. The first-order valence-electron chi connectivity index (χ1n) is 0. The van der Waals surface area contributed by atoms with Gasteiger partial charge in [-0.15, -0.1) is 0 Å². The molecule has 0 saturated carbocycles. The van der Waals surface area contributed by atoms with Crippen molar-refractivity contribution in [2.75, 3.05) is 0 Å². The van der Waals surface area contributed by atoms with Gasteiger partial charge in [0.25, 0.3) is 0 Å². The Kier molecular flexibility index (Phi) is 53100. The van der Waals surface area contributed by atoms with Crippen LogP contribution in [-0.4, -0.2) is 19.4 Å². The van der Waals surface area contributed by atoms with Gasteiger partial charge in [0, 0.05) is 19.4 Å². The van der Waals surface area contributed by atoms with Gasteiger partial charge in [-0.25, -0.2) is 0 Å². The third-order valence-electron chi connectivity index (χ3n) is 0. The van der Waals surface area contributed by atoms with Crippen molar-refractivity contribution in [1.29, 1.82) is 0 Å². The smallest absolute Gasteiger partial charge is 0 e. The van der Waals surface area contributed by atoms with Crippen LogP contribution >= 0.6 is 0 Å². The van der Waals surface area contributed by atoms with E-state index in [4.69, 9.17) is 0 Å². The van der Waals surface area contributed by atoms with Crippen molar-refractivity contribution in [2.24, 2.45) is 0 Å². The lowest BCUT2D eigenvalue weighted by molar-refractivity contribution is 2.13. The summed E-state index contributed by atoms with van der Waals surface area (Å²) < 4.78 is 0. The third-order valence-corrected chi connectivity index (χ3v) is 0. The second-order valence-electron chi connectivity index (χ2n) is 0. The Labute approximate surface area is 34.0 Å². The molecule has 0 heterocycles. The van der Waals surface area contributed by atoms with E-state index >= 15 is 0 Å². The van der Waals surface area contributed by atoms with Gasteiger partial charge in [-0.1, -0.05) is 7.43 Å². The van der Waals surface area contributed by atoms with E-state index in [0.717, 1.165) is 0 Å². The Balaban J connectivity index is 0. The summed E-state index contributed by atoms with van der Waals surface area (Å²) in [7, 11) is 0. The first kappa shape index (κ1) is 762. The topological polar surface area (TPSA) is 35.0 Å². The highest BCUT2D eigenvalue weighted by atomic mass is 28.1. The van der Waals surface area contributed by atoms with Gasteiger partial charge in [0.15, 0.2) is 0 Å². The van der Waals surface area contributed by atoms with Crippen LogP contribution in [0.2, 0.25) is 0 Å². The third kappa shape index (κ3) is 59.1. The van der Waals surface area contributed by atoms with Gasteiger partial charge < -0.3 is 6.15 Å². The van der Waals surface area contributed by atoms with Crippen molar-refractivity contribution < 1.29 is 0 Å². The SMILES string of the molecule is C.N.[B].[Si]. The van der Waals surface area contributed by atoms with Crippen LogP contribution in [-0.2, 0) is 0 Å². The van der Waals surface area contributed by atoms with Crippen LogP contribution in [0.25, 0.3) is 0 Å². The quantitative estimate of drug-likeness (QED) is 0.403. The van der Waals surface area contributed by atoms with E-state index in [1.54, 1.807) is 0 Å². The summed E-state index contributed by atoms with van der Waals surface area (Å²) in [6.45, 7) is 0. The van der Waals surface area contributed by atoms with E-state index in [2.05, 4.69) is 0 Å². The Bertz CT molecular complexity index is 8.00. The Morgan fingerprint density at radius 3 is 1.00 bits per heavy atom. The van der Waals surface area contributed by atoms with Crippen molar-refractivity contribution in [3.05, 3.63) is 0 Å².